The summed E-state index contributed by atoms with van der Waals surface area (Å²) in [5.41, 5.74) is 16.9. The number of nitrogen functional groups attached to an aromatic ring is 2. The molecule has 4 nitrogen and oxygen atoms in total. The molecular formula is C20H14N4. The maximum atomic E-state index is 6.03. The highest BCUT2D eigenvalue weighted by molar-refractivity contribution is 6.24. The van der Waals surface area contributed by atoms with Gasteiger partial charge in [-0.2, -0.15) is 0 Å². The van der Waals surface area contributed by atoms with Gasteiger partial charge in [0.1, 0.15) is 0 Å². The minimum Gasteiger partial charge on any atom is -0.399 e. The number of rotatable bonds is 0. The van der Waals surface area contributed by atoms with E-state index in [9.17, 15) is 0 Å². The molecule has 5 aromatic rings. The van der Waals surface area contributed by atoms with E-state index in [0.29, 0.717) is 11.4 Å². The minimum atomic E-state index is 0.716. The van der Waals surface area contributed by atoms with E-state index in [1.807, 2.05) is 60.7 Å². The first-order valence-corrected chi connectivity index (χ1v) is 7.78. The van der Waals surface area contributed by atoms with Crippen LogP contribution in [0.25, 0.3) is 43.6 Å². The molecule has 0 spiro atoms. The average Bonchev–Trinajstić information content (AvgIpc) is 2.60. The number of hydrogen-bond acceptors (Lipinski definition) is 4. The Kier molecular flexibility index (Phi) is 2.48. The summed E-state index contributed by atoms with van der Waals surface area (Å²) in [6, 6.07) is 19.7. The summed E-state index contributed by atoms with van der Waals surface area (Å²) >= 11 is 0. The summed E-state index contributed by atoms with van der Waals surface area (Å²) in [4.78, 5) is 9.74. The van der Waals surface area contributed by atoms with Crippen molar-refractivity contribution in [3.63, 3.8) is 0 Å². The predicted molar refractivity (Wildman–Crippen MR) is 101 cm³/mol. The molecule has 4 N–H and O–H groups in total. The van der Waals surface area contributed by atoms with Gasteiger partial charge in [-0.3, -0.25) is 0 Å². The van der Waals surface area contributed by atoms with Crippen LogP contribution in [-0.2, 0) is 0 Å². The molecule has 0 radical (unpaired) electrons. The Hall–Kier alpha value is -3.40. The molecule has 0 atom stereocenters. The number of anilines is 2. The van der Waals surface area contributed by atoms with Crippen molar-refractivity contribution in [2.45, 2.75) is 0 Å². The number of nitrogens with two attached hydrogens (primary N) is 2. The minimum absolute atomic E-state index is 0.716. The molecule has 5 rings (SSSR count). The molecule has 0 saturated heterocycles. The highest BCUT2D eigenvalue weighted by Gasteiger charge is 2.12. The van der Waals surface area contributed by atoms with Crippen LogP contribution in [0, 0.1) is 0 Å². The van der Waals surface area contributed by atoms with E-state index in [4.69, 9.17) is 21.4 Å². The molecule has 0 unspecified atom stereocenters. The van der Waals surface area contributed by atoms with E-state index < -0.39 is 0 Å². The number of para-hydroxylation sites is 2. The molecular weight excluding hydrogens is 296 g/mol. The third kappa shape index (κ3) is 1.74. The number of fused-ring (bicyclic) bond motifs is 7. The second-order valence-corrected chi connectivity index (χ2v) is 6.02. The molecule has 0 bridgehead atoms. The Labute approximate surface area is 137 Å². The standard InChI is InChI=1S/C20H14N4/c21-11-5-7-13-14-8-6-12(22)10-16(14)20-19(15(13)9-11)23-17-3-1-2-4-18(17)24-20/h1-10H,21-22H2. The summed E-state index contributed by atoms with van der Waals surface area (Å²) in [5, 5.41) is 4.24. The zero-order chi connectivity index (χ0) is 16.3. The molecule has 1 heterocycles. The first kappa shape index (κ1) is 13.1. The summed E-state index contributed by atoms with van der Waals surface area (Å²) in [5.74, 6) is 0. The van der Waals surface area contributed by atoms with Crippen molar-refractivity contribution < 1.29 is 0 Å². The van der Waals surface area contributed by atoms with Crippen molar-refractivity contribution in [1.29, 1.82) is 0 Å². The maximum absolute atomic E-state index is 6.03. The van der Waals surface area contributed by atoms with Gasteiger partial charge in [0.05, 0.1) is 22.1 Å². The lowest BCUT2D eigenvalue weighted by Crippen LogP contribution is -1.93. The van der Waals surface area contributed by atoms with E-state index in [0.717, 1.165) is 43.6 Å². The van der Waals surface area contributed by atoms with Crippen LogP contribution in [0.2, 0.25) is 0 Å². The lowest BCUT2D eigenvalue weighted by atomic mass is 9.98. The van der Waals surface area contributed by atoms with Gasteiger partial charge in [0.2, 0.25) is 0 Å². The first-order valence-electron chi connectivity index (χ1n) is 7.78. The van der Waals surface area contributed by atoms with Gasteiger partial charge in [-0.1, -0.05) is 24.3 Å². The molecule has 24 heavy (non-hydrogen) atoms. The van der Waals surface area contributed by atoms with Crippen molar-refractivity contribution in [1.82, 2.24) is 9.97 Å². The Morgan fingerprint density at radius 3 is 1.46 bits per heavy atom. The Bertz CT molecular complexity index is 1180. The molecule has 0 amide bonds. The van der Waals surface area contributed by atoms with Gasteiger partial charge in [-0.05, 0) is 47.2 Å². The van der Waals surface area contributed by atoms with Gasteiger partial charge in [0, 0.05) is 22.1 Å². The third-order valence-electron chi connectivity index (χ3n) is 4.46. The van der Waals surface area contributed by atoms with Crippen LogP contribution in [0.4, 0.5) is 11.4 Å². The fourth-order valence-electron chi connectivity index (χ4n) is 3.36. The maximum Gasteiger partial charge on any atom is 0.0980 e. The van der Waals surface area contributed by atoms with Crippen LogP contribution in [0.3, 0.4) is 0 Å². The SMILES string of the molecule is Nc1ccc2c3ccc(N)cc3c3nc4ccccc4nc3c2c1. The van der Waals surface area contributed by atoms with Crippen LogP contribution in [0.5, 0.6) is 0 Å². The van der Waals surface area contributed by atoms with Crippen LogP contribution in [-0.4, -0.2) is 9.97 Å². The lowest BCUT2D eigenvalue weighted by Gasteiger charge is -2.11. The molecule has 0 aliphatic carbocycles. The molecule has 4 heteroatoms. The van der Waals surface area contributed by atoms with Crippen molar-refractivity contribution in [3.05, 3.63) is 60.7 Å². The summed E-state index contributed by atoms with van der Waals surface area (Å²) in [6.07, 6.45) is 0. The molecule has 1 aromatic heterocycles. The van der Waals surface area contributed by atoms with Crippen LogP contribution in [0.15, 0.2) is 60.7 Å². The second kappa shape index (κ2) is 4.55. The number of aromatic nitrogens is 2. The highest BCUT2D eigenvalue weighted by Crippen LogP contribution is 2.35. The van der Waals surface area contributed by atoms with Crippen LogP contribution >= 0.6 is 0 Å². The topological polar surface area (TPSA) is 77.8 Å². The van der Waals surface area contributed by atoms with E-state index in [1.54, 1.807) is 0 Å². The zero-order valence-corrected chi connectivity index (χ0v) is 12.8. The molecule has 4 aromatic carbocycles. The summed E-state index contributed by atoms with van der Waals surface area (Å²) in [6.45, 7) is 0. The van der Waals surface area contributed by atoms with Gasteiger partial charge in [-0.25, -0.2) is 9.97 Å². The van der Waals surface area contributed by atoms with Gasteiger partial charge >= 0.3 is 0 Å². The third-order valence-corrected chi connectivity index (χ3v) is 4.46. The quantitative estimate of drug-likeness (QED) is 0.254. The average molecular weight is 310 g/mol. The van der Waals surface area contributed by atoms with Gasteiger partial charge < -0.3 is 11.5 Å². The Balaban J connectivity index is 2.15. The van der Waals surface area contributed by atoms with Gasteiger partial charge in [0.25, 0.3) is 0 Å². The van der Waals surface area contributed by atoms with Crippen molar-refractivity contribution in [2.24, 2.45) is 0 Å². The Morgan fingerprint density at radius 2 is 1.00 bits per heavy atom. The molecule has 0 aliphatic heterocycles. The van der Waals surface area contributed by atoms with Crippen LogP contribution < -0.4 is 11.5 Å². The highest BCUT2D eigenvalue weighted by atomic mass is 14.8. The Morgan fingerprint density at radius 1 is 0.542 bits per heavy atom. The fourth-order valence-corrected chi connectivity index (χ4v) is 3.36. The van der Waals surface area contributed by atoms with Gasteiger partial charge in [0.15, 0.2) is 0 Å². The molecule has 114 valence electrons. The van der Waals surface area contributed by atoms with E-state index in [2.05, 4.69) is 0 Å². The molecule has 0 fully saturated rings. The van der Waals surface area contributed by atoms with E-state index in [-0.39, 0.29) is 0 Å². The fraction of sp³-hybridized carbons (Fsp3) is 0. The number of nitrogens with zero attached hydrogens (tertiary/aromatic N) is 2. The largest absolute Gasteiger partial charge is 0.399 e. The van der Waals surface area contributed by atoms with E-state index >= 15 is 0 Å². The number of benzene rings is 4. The van der Waals surface area contributed by atoms with Crippen molar-refractivity contribution in [3.8, 4) is 0 Å². The summed E-state index contributed by atoms with van der Waals surface area (Å²) < 4.78 is 0. The van der Waals surface area contributed by atoms with Crippen LogP contribution in [0.1, 0.15) is 0 Å². The normalized spacial score (nSPS) is 11.7. The lowest BCUT2D eigenvalue weighted by molar-refractivity contribution is 1.42. The smallest absolute Gasteiger partial charge is 0.0980 e. The predicted octanol–water partition coefficient (Wildman–Crippen LogP) is 4.25. The van der Waals surface area contributed by atoms with E-state index in [1.165, 1.54) is 0 Å². The second-order valence-electron chi connectivity index (χ2n) is 6.02. The van der Waals surface area contributed by atoms with Crippen molar-refractivity contribution in [2.75, 3.05) is 11.5 Å². The monoisotopic (exact) mass is 310 g/mol. The number of hydrogen-bond donors (Lipinski definition) is 2. The van der Waals surface area contributed by atoms with Gasteiger partial charge in [-0.15, -0.1) is 0 Å². The first-order chi connectivity index (χ1) is 11.7. The van der Waals surface area contributed by atoms with Crippen molar-refractivity contribution >= 4 is 55.0 Å². The summed E-state index contributed by atoms with van der Waals surface area (Å²) in [7, 11) is 0. The molecule has 0 aliphatic rings. The zero-order valence-electron chi connectivity index (χ0n) is 12.8. The molecule has 0 saturated carbocycles.